The van der Waals surface area contributed by atoms with Gasteiger partial charge in [-0.2, -0.15) is 4.39 Å². The highest BCUT2D eigenvalue weighted by atomic mass is 35.5. The zero-order valence-electron chi connectivity index (χ0n) is 9.36. The van der Waals surface area contributed by atoms with Crippen LogP contribution in [0.1, 0.15) is 5.56 Å². The molecule has 92 valence electrons. The number of anilines is 1. The van der Waals surface area contributed by atoms with Gasteiger partial charge in [0.1, 0.15) is 5.82 Å². The first-order valence-corrected chi connectivity index (χ1v) is 5.69. The van der Waals surface area contributed by atoms with Gasteiger partial charge in [0, 0.05) is 5.02 Å². The van der Waals surface area contributed by atoms with Gasteiger partial charge in [0.2, 0.25) is 11.9 Å². The lowest BCUT2D eigenvalue weighted by atomic mass is 10.1. The minimum Gasteiger partial charge on any atom is -0.310 e. The van der Waals surface area contributed by atoms with Gasteiger partial charge in [-0.3, -0.25) is 4.79 Å². The summed E-state index contributed by atoms with van der Waals surface area (Å²) in [6, 6.07) is 11.3. The Morgan fingerprint density at radius 1 is 1.22 bits per heavy atom. The van der Waals surface area contributed by atoms with E-state index in [2.05, 4.69) is 10.3 Å². The van der Waals surface area contributed by atoms with E-state index < -0.39 is 5.95 Å². The Hall–Kier alpha value is -1.94. The van der Waals surface area contributed by atoms with E-state index in [0.29, 0.717) is 10.6 Å². The summed E-state index contributed by atoms with van der Waals surface area (Å²) >= 11 is 5.94. The van der Waals surface area contributed by atoms with Crippen molar-refractivity contribution in [2.45, 2.75) is 6.42 Å². The summed E-state index contributed by atoms with van der Waals surface area (Å²) in [5.74, 6) is -0.737. The smallest absolute Gasteiger partial charge is 0.230 e. The molecule has 0 atom stereocenters. The fourth-order valence-corrected chi connectivity index (χ4v) is 1.68. The molecule has 1 aromatic carbocycles. The van der Waals surface area contributed by atoms with Crippen LogP contribution in [-0.2, 0) is 11.2 Å². The van der Waals surface area contributed by atoms with Crippen molar-refractivity contribution in [3.8, 4) is 0 Å². The second kappa shape index (κ2) is 5.60. The van der Waals surface area contributed by atoms with Crippen LogP contribution in [0.5, 0.6) is 0 Å². The van der Waals surface area contributed by atoms with Crippen LogP contribution in [-0.4, -0.2) is 10.9 Å². The predicted molar refractivity (Wildman–Crippen MR) is 68.0 cm³/mol. The highest BCUT2D eigenvalue weighted by Crippen LogP contribution is 2.16. The molecule has 0 saturated carbocycles. The summed E-state index contributed by atoms with van der Waals surface area (Å²) in [4.78, 5) is 15.3. The average Bonchev–Trinajstić information content (AvgIpc) is 2.32. The Labute approximate surface area is 109 Å². The van der Waals surface area contributed by atoms with Crippen LogP contribution in [0.25, 0.3) is 0 Å². The summed E-state index contributed by atoms with van der Waals surface area (Å²) in [5, 5.41) is 3.04. The van der Waals surface area contributed by atoms with E-state index in [1.165, 1.54) is 18.2 Å². The number of nitrogens with one attached hydrogen (secondary N) is 1. The molecule has 1 aromatic heterocycles. The number of halogens is 2. The van der Waals surface area contributed by atoms with E-state index in [0.717, 1.165) is 0 Å². The third kappa shape index (κ3) is 3.28. The van der Waals surface area contributed by atoms with Gasteiger partial charge < -0.3 is 5.32 Å². The molecule has 0 aliphatic carbocycles. The standard InChI is InChI=1S/C13H10ClFN2O/c14-10-5-2-1-4-9(10)8-13(18)17-12-7-3-6-11(15)16-12/h1-7H,8H2,(H,16,17,18). The van der Waals surface area contributed by atoms with Crippen LogP contribution in [0.3, 0.4) is 0 Å². The molecular formula is C13H10ClFN2O. The highest BCUT2D eigenvalue weighted by Gasteiger charge is 2.07. The Kier molecular flexibility index (Phi) is 3.89. The van der Waals surface area contributed by atoms with Crippen molar-refractivity contribution in [2.75, 3.05) is 5.32 Å². The van der Waals surface area contributed by atoms with E-state index >= 15 is 0 Å². The summed E-state index contributed by atoms with van der Waals surface area (Å²) in [6.07, 6.45) is 0.123. The maximum Gasteiger partial charge on any atom is 0.230 e. The van der Waals surface area contributed by atoms with Crippen LogP contribution < -0.4 is 5.32 Å². The van der Waals surface area contributed by atoms with Crippen LogP contribution >= 0.6 is 11.6 Å². The van der Waals surface area contributed by atoms with Crippen molar-refractivity contribution >= 4 is 23.3 Å². The van der Waals surface area contributed by atoms with Crippen molar-refractivity contribution in [1.29, 1.82) is 0 Å². The van der Waals surface area contributed by atoms with Crippen LogP contribution in [0.15, 0.2) is 42.5 Å². The fourth-order valence-electron chi connectivity index (χ4n) is 1.48. The lowest BCUT2D eigenvalue weighted by molar-refractivity contribution is -0.115. The van der Waals surface area contributed by atoms with Crippen LogP contribution in [0.2, 0.25) is 5.02 Å². The molecule has 0 fully saturated rings. The third-order valence-electron chi connectivity index (χ3n) is 2.29. The molecule has 0 unspecified atom stereocenters. The molecule has 0 bridgehead atoms. The molecule has 1 amide bonds. The molecule has 1 N–H and O–H groups in total. The zero-order chi connectivity index (χ0) is 13.0. The molecule has 2 rings (SSSR count). The molecule has 1 heterocycles. The van der Waals surface area contributed by atoms with Crippen molar-refractivity contribution in [2.24, 2.45) is 0 Å². The lowest BCUT2D eigenvalue weighted by Gasteiger charge is -2.05. The molecule has 3 nitrogen and oxygen atoms in total. The summed E-state index contributed by atoms with van der Waals surface area (Å²) in [6.45, 7) is 0. The van der Waals surface area contributed by atoms with Crippen molar-refractivity contribution in [3.63, 3.8) is 0 Å². The minimum atomic E-state index is -0.634. The Bertz CT molecular complexity index is 574. The first kappa shape index (κ1) is 12.5. The SMILES string of the molecule is O=C(Cc1ccccc1Cl)Nc1cccc(F)n1. The second-order valence-electron chi connectivity index (χ2n) is 3.66. The van der Waals surface area contributed by atoms with Gasteiger partial charge in [0.05, 0.1) is 6.42 Å². The molecule has 2 aromatic rings. The molecule has 0 spiro atoms. The van der Waals surface area contributed by atoms with Gasteiger partial charge in [-0.1, -0.05) is 35.9 Å². The lowest BCUT2D eigenvalue weighted by Crippen LogP contribution is -2.15. The number of carbonyl (C=O) groups excluding carboxylic acids is 1. The number of hydrogen-bond donors (Lipinski definition) is 1. The van der Waals surface area contributed by atoms with Gasteiger partial charge in [0.25, 0.3) is 0 Å². The Balaban J connectivity index is 2.03. The van der Waals surface area contributed by atoms with E-state index in [4.69, 9.17) is 11.6 Å². The molecule has 0 radical (unpaired) electrons. The number of pyridine rings is 1. The minimum absolute atomic E-state index is 0.123. The van der Waals surface area contributed by atoms with Gasteiger partial charge in [-0.25, -0.2) is 4.98 Å². The quantitative estimate of drug-likeness (QED) is 0.866. The normalized spacial score (nSPS) is 10.1. The van der Waals surface area contributed by atoms with Crippen LogP contribution in [0, 0.1) is 5.95 Å². The maximum absolute atomic E-state index is 12.8. The largest absolute Gasteiger partial charge is 0.310 e. The summed E-state index contributed by atoms with van der Waals surface area (Å²) in [7, 11) is 0. The Morgan fingerprint density at radius 3 is 2.72 bits per heavy atom. The third-order valence-corrected chi connectivity index (χ3v) is 2.66. The van der Waals surface area contributed by atoms with Crippen molar-refractivity contribution in [1.82, 2.24) is 4.98 Å². The average molecular weight is 265 g/mol. The number of hydrogen-bond acceptors (Lipinski definition) is 2. The molecule has 18 heavy (non-hydrogen) atoms. The van der Waals surface area contributed by atoms with E-state index in [1.807, 2.05) is 0 Å². The number of amides is 1. The van der Waals surface area contributed by atoms with E-state index in [9.17, 15) is 9.18 Å². The molecule has 0 saturated heterocycles. The monoisotopic (exact) mass is 264 g/mol. The predicted octanol–water partition coefficient (Wildman–Crippen LogP) is 3.06. The maximum atomic E-state index is 12.8. The number of rotatable bonds is 3. The number of nitrogens with zero attached hydrogens (tertiary/aromatic N) is 1. The zero-order valence-corrected chi connectivity index (χ0v) is 10.1. The second-order valence-corrected chi connectivity index (χ2v) is 4.07. The molecule has 0 aliphatic heterocycles. The summed E-state index contributed by atoms with van der Waals surface area (Å²) < 4.78 is 12.8. The summed E-state index contributed by atoms with van der Waals surface area (Å²) in [5.41, 5.74) is 0.716. The molecule has 5 heteroatoms. The number of aromatic nitrogens is 1. The van der Waals surface area contributed by atoms with Gasteiger partial charge in [0.15, 0.2) is 0 Å². The van der Waals surface area contributed by atoms with Gasteiger partial charge in [-0.05, 0) is 23.8 Å². The topological polar surface area (TPSA) is 42.0 Å². The van der Waals surface area contributed by atoms with Crippen molar-refractivity contribution in [3.05, 3.63) is 59.0 Å². The van der Waals surface area contributed by atoms with Crippen LogP contribution in [0.4, 0.5) is 10.2 Å². The number of carbonyl (C=O) groups is 1. The van der Waals surface area contributed by atoms with Gasteiger partial charge >= 0.3 is 0 Å². The number of benzene rings is 1. The van der Waals surface area contributed by atoms with E-state index in [1.54, 1.807) is 24.3 Å². The van der Waals surface area contributed by atoms with E-state index in [-0.39, 0.29) is 18.1 Å². The highest BCUT2D eigenvalue weighted by molar-refractivity contribution is 6.31. The van der Waals surface area contributed by atoms with Gasteiger partial charge in [-0.15, -0.1) is 0 Å². The first-order chi connectivity index (χ1) is 8.65. The molecule has 0 aliphatic rings. The van der Waals surface area contributed by atoms with Crippen molar-refractivity contribution < 1.29 is 9.18 Å². The molecular weight excluding hydrogens is 255 g/mol. The fraction of sp³-hybridized carbons (Fsp3) is 0.0769. The Morgan fingerprint density at radius 2 is 2.00 bits per heavy atom. The first-order valence-electron chi connectivity index (χ1n) is 5.31.